The topological polar surface area (TPSA) is 79.2 Å². The molecule has 0 aliphatic carbocycles. The molecule has 5 heteroatoms. The first-order valence-electron chi connectivity index (χ1n) is 6.45. The number of ether oxygens (including phenoxy) is 1. The van der Waals surface area contributed by atoms with Crippen LogP contribution >= 0.6 is 0 Å². The van der Waals surface area contributed by atoms with Crippen LogP contribution in [-0.4, -0.2) is 18.0 Å². The number of amides is 2. The van der Waals surface area contributed by atoms with E-state index in [1.54, 1.807) is 30.3 Å². The van der Waals surface area contributed by atoms with Gasteiger partial charge in [-0.1, -0.05) is 48.5 Å². The molecule has 0 aliphatic heterocycles. The molecule has 2 rings (SSSR count). The van der Waals surface area contributed by atoms with Gasteiger partial charge < -0.3 is 10.1 Å². The van der Waals surface area contributed by atoms with Crippen molar-refractivity contribution in [2.24, 2.45) is 0 Å². The van der Waals surface area contributed by atoms with Gasteiger partial charge in [0.05, 0.1) is 6.42 Å². The van der Waals surface area contributed by atoms with Crippen molar-refractivity contribution in [2.45, 2.75) is 12.6 Å². The van der Waals surface area contributed by atoms with E-state index in [4.69, 9.17) is 10.5 Å². The molecule has 1 radical (unpaired) electrons. The minimum Gasteiger partial charge on any atom is -0.461 e. The van der Waals surface area contributed by atoms with E-state index in [2.05, 4.69) is 5.32 Å². The van der Waals surface area contributed by atoms with Crippen LogP contribution in [0.3, 0.4) is 0 Å². The number of nitrogens with one attached hydrogen (secondary N) is 2. The highest BCUT2D eigenvalue weighted by atomic mass is 16.5. The fourth-order valence-electron chi connectivity index (χ4n) is 1.76. The summed E-state index contributed by atoms with van der Waals surface area (Å²) in [5.74, 6) is -0.953. The van der Waals surface area contributed by atoms with Crippen molar-refractivity contribution in [3.63, 3.8) is 0 Å². The molecule has 2 aromatic rings. The highest BCUT2D eigenvalue weighted by molar-refractivity contribution is 5.86. The lowest BCUT2D eigenvalue weighted by Crippen LogP contribution is -2.46. The van der Waals surface area contributed by atoms with E-state index < -0.39 is 12.1 Å². The first kappa shape index (κ1) is 14.6. The molecule has 107 valence electrons. The van der Waals surface area contributed by atoms with Gasteiger partial charge in [-0.3, -0.25) is 15.3 Å². The Morgan fingerprint density at radius 1 is 1.00 bits per heavy atom. The normalized spacial score (nSPS) is 11.4. The summed E-state index contributed by atoms with van der Waals surface area (Å²) in [7, 11) is 0. The van der Waals surface area contributed by atoms with Crippen LogP contribution in [0.15, 0.2) is 60.7 Å². The van der Waals surface area contributed by atoms with Gasteiger partial charge in [-0.2, -0.15) is 0 Å². The molecule has 21 heavy (non-hydrogen) atoms. The number of hydrogen-bond donors (Lipinski definition) is 1. The van der Waals surface area contributed by atoms with E-state index in [1.807, 2.05) is 30.3 Å². The van der Waals surface area contributed by atoms with Crippen molar-refractivity contribution in [1.29, 1.82) is 0 Å². The molecule has 5 nitrogen and oxygen atoms in total. The summed E-state index contributed by atoms with van der Waals surface area (Å²) in [4.78, 5) is 23.2. The van der Waals surface area contributed by atoms with Gasteiger partial charge in [-0.25, -0.2) is 0 Å². The van der Waals surface area contributed by atoms with Crippen LogP contribution in [0.2, 0.25) is 0 Å². The SMILES string of the molecule is [NH]C(=O)C(NC(=O)Cc1ccccc1)Oc1ccccc1. The Kier molecular flexibility index (Phi) is 4.93. The van der Waals surface area contributed by atoms with Crippen molar-refractivity contribution in [1.82, 2.24) is 11.1 Å². The fourth-order valence-corrected chi connectivity index (χ4v) is 1.76. The summed E-state index contributed by atoms with van der Waals surface area (Å²) in [5.41, 5.74) is 8.00. The van der Waals surface area contributed by atoms with Crippen molar-refractivity contribution in [2.75, 3.05) is 0 Å². The van der Waals surface area contributed by atoms with Gasteiger partial charge in [0.15, 0.2) is 0 Å². The first-order valence-corrected chi connectivity index (χ1v) is 6.45. The average molecular weight is 283 g/mol. The summed E-state index contributed by atoms with van der Waals surface area (Å²) in [6.45, 7) is 0. The third-order valence-corrected chi connectivity index (χ3v) is 2.73. The Balaban J connectivity index is 1.96. The van der Waals surface area contributed by atoms with Crippen LogP contribution in [0.1, 0.15) is 5.56 Å². The molecule has 0 fully saturated rings. The minimum absolute atomic E-state index is 0.128. The molecular formula is C16H15N2O3. The van der Waals surface area contributed by atoms with Crippen molar-refractivity contribution in [3.8, 4) is 5.75 Å². The number of carbonyl (C=O) groups is 2. The number of carbonyl (C=O) groups excluding carboxylic acids is 2. The zero-order valence-electron chi connectivity index (χ0n) is 11.3. The Morgan fingerprint density at radius 2 is 1.57 bits per heavy atom. The largest absolute Gasteiger partial charge is 0.461 e. The molecule has 1 unspecified atom stereocenters. The fraction of sp³-hybridized carbons (Fsp3) is 0.125. The van der Waals surface area contributed by atoms with Crippen LogP contribution in [-0.2, 0) is 16.0 Å². The summed E-state index contributed by atoms with van der Waals surface area (Å²) in [6, 6.07) is 17.7. The quantitative estimate of drug-likeness (QED) is 0.817. The van der Waals surface area contributed by atoms with Gasteiger partial charge in [-0.15, -0.1) is 0 Å². The van der Waals surface area contributed by atoms with E-state index in [0.717, 1.165) is 5.56 Å². The summed E-state index contributed by atoms with van der Waals surface area (Å²) in [6.07, 6.45) is -1.17. The lowest BCUT2D eigenvalue weighted by Gasteiger charge is -2.16. The third kappa shape index (κ3) is 4.65. The van der Waals surface area contributed by atoms with Gasteiger partial charge in [0.25, 0.3) is 6.23 Å². The van der Waals surface area contributed by atoms with E-state index in [-0.39, 0.29) is 12.3 Å². The third-order valence-electron chi connectivity index (χ3n) is 2.73. The van der Waals surface area contributed by atoms with Gasteiger partial charge >= 0.3 is 5.91 Å². The van der Waals surface area contributed by atoms with Crippen LogP contribution in [0.4, 0.5) is 0 Å². The van der Waals surface area contributed by atoms with Crippen molar-refractivity contribution < 1.29 is 14.3 Å². The number of benzene rings is 2. The lowest BCUT2D eigenvalue weighted by atomic mass is 10.1. The van der Waals surface area contributed by atoms with E-state index >= 15 is 0 Å². The Labute approximate surface area is 122 Å². The highest BCUT2D eigenvalue weighted by Crippen LogP contribution is 2.10. The van der Waals surface area contributed by atoms with Gasteiger partial charge in [-0.05, 0) is 17.7 Å². The molecule has 0 aromatic heterocycles. The molecule has 0 saturated carbocycles. The molecule has 1 atom stereocenters. The Hall–Kier alpha value is -2.82. The first-order chi connectivity index (χ1) is 10.1. The standard InChI is InChI=1S/C16H15N2O3/c17-15(20)16(21-13-9-5-2-6-10-13)18-14(19)11-12-7-3-1-4-8-12/h1-10,16-17H,11H2,(H,18,19). The monoisotopic (exact) mass is 283 g/mol. The predicted octanol–water partition coefficient (Wildman–Crippen LogP) is 1.56. The number of hydrogen-bond acceptors (Lipinski definition) is 3. The minimum atomic E-state index is -1.30. The number of para-hydroxylation sites is 1. The molecule has 2 aromatic carbocycles. The summed E-state index contributed by atoms with van der Waals surface area (Å²) < 4.78 is 5.32. The zero-order chi connectivity index (χ0) is 15.1. The van der Waals surface area contributed by atoms with Crippen LogP contribution < -0.4 is 15.8 Å². The van der Waals surface area contributed by atoms with Crippen molar-refractivity contribution in [3.05, 3.63) is 66.2 Å². The van der Waals surface area contributed by atoms with E-state index in [0.29, 0.717) is 5.75 Å². The Morgan fingerprint density at radius 3 is 2.14 bits per heavy atom. The molecule has 0 saturated heterocycles. The molecule has 0 heterocycles. The average Bonchev–Trinajstić information content (AvgIpc) is 2.48. The maximum atomic E-state index is 11.9. The van der Waals surface area contributed by atoms with Crippen LogP contribution in [0, 0.1) is 0 Å². The maximum Gasteiger partial charge on any atom is 0.300 e. The molecular weight excluding hydrogens is 268 g/mol. The molecule has 2 amide bonds. The summed E-state index contributed by atoms with van der Waals surface area (Å²) >= 11 is 0. The lowest BCUT2D eigenvalue weighted by molar-refractivity contribution is -0.133. The predicted molar refractivity (Wildman–Crippen MR) is 77.3 cm³/mol. The molecule has 0 aliphatic rings. The van der Waals surface area contributed by atoms with Crippen molar-refractivity contribution >= 4 is 11.8 Å². The molecule has 2 N–H and O–H groups in total. The molecule has 0 bridgehead atoms. The number of rotatable bonds is 6. The highest BCUT2D eigenvalue weighted by Gasteiger charge is 2.20. The van der Waals surface area contributed by atoms with E-state index in [1.165, 1.54) is 0 Å². The Bertz CT molecular complexity index is 599. The second-order valence-corrected chi connectivity index (χ2v) is 4.41. The van der Waals surface area contributed by atoms with Gasteiger partial charge in [0, 0.05) is 0 Å². The zero-order valence-corrected chi connectivity index (χ0v) is 11.3. The molecule has 0 spiro atoms. The second-order valence-electron chi connectivity index (χ2n) is 4.41. The van der Waals surface area contributed by atoms with Gasteiger partial charge in [0.2, 0.25) is 5.91 Å². The maximum absolute atomic E-state index is 11.9. The summed E-state index contributed by atoms with van der Waals surface area (Å²) in [5, 5.41) is 2.42. The van der Waals surface area contributed by atoms with Crippen LogP contribution in [0.5, 0.6) is 5.75 Å². The van der Waals surface area contributed by atoms with E-state index in [9.17, 15) is 9.59 Å². The van der Waals surface area contributed by atoms with Crippen LogP contribution in [0.25, 0.3) is 0 Å². The second kappa shape index (κ2) is 7.09. The van der Waals surface area contributed by atoms with Gasteiger partial charge in [0.1, 0.15) is 5.75 Å². The smallest absolute Gasteiger partial charge is 0.300 e.